The number of carbonyl (C=O) groups excluding carboxylic acids is 3. The Labute approximate surface area is 140 Å². The molecule has 1 rings (SSSR count). The van der Waals surface area contributed by atoms with Crippen LogP contribution in [0.2, 0.25) is 0 Å². The van der Waals surface area contributed by atoms with Gasteiger partial charge in [-0.2, -0.15) is 0 Å². The van der Waals surface area contributed by atoms with Crippen molar-refractivity contribution in [3.63, 3.8) is 0 Å². The molecule has 0 aromatic carbocycles. The second-order valence-electron chi connectivity index (χ2n) is 5.65. The Bertz CT molecular complexity index is 559. The molecule has 1 aromatic heterocycles. The first-order valence-corrected chi connectivity index (χ1v) is 8.17. The van der Waals surface area contributed by atoms with E-state index >= 15 is 0 Å². The molecule has 0 saturated carbocycles. The number of hydrogen-bond acceptors (Lipinski definition) is 6. The fourth-order valence-corrected chi connectivity index (χ4v) is 2.67. The SMILES string of the molecule is COC(=O)[C@@H](NC(=O)N(C)Cc1csc(C(C)C=O)n1)C(C)C. The summed E-state index contributed by atoms with van der Waals surface area (Å²) in [6.45, 7) is 5.72. The molecule has 0 fully saturated rings. The van der Waals surface area contributed by atoms with Gasteiger partial charge in [0.2, 0.25) is 0 Å². The second-order valence-corrected chi connectivity index (χ2v) is 6.54. The molecule has 2 amide bonds. The van der Waals surface area contributed by atoms with Crippen molar-refractivity contribution < 1.29 is 19.1 Å². The molecule has 1 N–H and O–H groups in total. The fourth-order valence-electron chi connectivity index (χ4n) is 1.85. The van der Waals surface area contributed by atoms with Crippen LogP contribution in [0.4, 0.5) is 4.79 Å². The van der Waals surface area contributed by atoms with Crippen LogP contribution >= 0.6 is 11.3 Å². The van der Waals surface area contributed by atoms with Crippen molar-refractivity contribution in [1.29, 1.82) is 0 Å². The molecular formula is C15H23N3O4S. The summed E-state index contributed by atoms with van der Waals surface area (Å²) in [6, 6.07) is -1.08. The van der Waals surface area contributed by atoms with Crippen LogP contribution in [-0.2, 0) is 20.9 Å². The number of amides is 2. The number of nitrogens with zero attached hydrogens (tertiary/aromatic N) is 2. The Kier molecular flexibility index (Phi) is 7.15. The van der Waals surface area contributed by atoms with E-state index in [1.807, 2.05) is 19.2 Å². The molecule has 0 saturated heterocycles. The first-order chi connectivity index (χ1) is 10.8. The van der Waals surface area contributed by atoms with Gasteiger partial charge in [-0.3, -0.25) is 0 Å². The Morgan fingerprint density at radius 1 is 1.43 bits per heavy atom. The van der Waals surface area contributed by atoms with Gasteiger partial charge in [-0.15, -0.1) is 11.3 Å². The van der Waals surface area contributed by atoms with Gasteiger partial charge in [0.25, 0.3) is 0 Å². The minimum Gasteiger partial charge on any atom is -0.467 e. The summed E-state index contributed by atoms with van der Waals surface area (Å²) in [7, 11) is 2.91. The van der Waals surface area contributed by atoms with Gasteiger partial charge in [0.05, 0.1) is 25.3 Å². The van der Waals surface area contributed by atoms with Gasteiger partial charge in [-0.25, -0.2) is 14.6 Å². The van der Waals surface area contributed by atoms with Gasteiger partial charge in [0.1, 0.15) is 17.3 Å². The maximum Gasteiger partial charge on any atom is 0.328 e. The van der Waals surface area contributed by atoms with Gasteiger partial charge in [-0.05, 0) is 12.8 Å². The van der Waals surface area contributed by atoms with Crippen LogP contribution in [0.15, 0.2) is 5.38 Å². The lowest BCUT2D eigenvalue weighted by molar-refractivity contribution is -0.144. The van der Waals surface area contributed by atoms with E-state index in [0.29, 0.717) is 12.2 Å². The number of rotatable bonds is 7. The summed E-state index contributed by atoms with van der Waals surface area (Å²) in [5.74, 6) is -0.811. The fraction of sp³-hybridized carbons (Fsp3) is 0.600. The summed E-state index contributed by atoms with van der Waals surface area (Å²) in [4.78, 5) is 40.4. The predicted molar refractivity (Wildman–Crippen MR) is 87.2 cm³/mol. The van der Waals surface area contributed by atoms with E-state index in [2.05, 4.69) is 10.3 Å². The van der Waals surface area contributed by atoms with Crippen molar-refractivity contribution in [2.45, 2.75) is 39.3 Å². The highest BCUT2D eigenvalue weighted by atomic mass is 32.1. The lowest BCUT2D eigenvalue weighted by Crippen LogP contribution is -2.49. The van der Waals surface area contributed by atoms with Crippen molar-refractivity contribution in [2.24, 2.45) is 5.92 Å². The van der Waals surface area contributed by atoms with Gasteiger partial charge in [-0.1, -0.05) is 13.8 Å². The van der Waals surface area contributed by atoms with Crippen molar-refractivity contribution in [2.75, 3.05) is 14.2 Å². The molecule has 23 heavy (non-hydrogen) atoms. The second kappa shape index (κ2) is 8.61. The van der Waals surface area contributed by atoms with Crippen LogP contribution < -0.4 is 5.32 Å². The highest BCUT2D eigenvalue weighted by Gasteiger charge is 2.26. The van der Waals surface area contributed by atoms with E-state index in [9.17, 15) is 14.4 Å². The average Bonchev–Trinajstić information content (AvgIpc) is 2.98. The van der Waals surface area contributed by atoms with Gasteiger partial charge >= 0.3 is 12.0 Å². The first kappa shape index (κ1) is 19.1. The smallest absolute Gasteiger partial charge is 0.328 e. The molecule has 0 radical (unpaired) electrons. The molecule has 1 heterocycles. The largest absolute Gasteiger partial charge is 0.467 e. The standard InChI is InChI=1S/C15H23N3O4S/c1-9(2)12(14(20)22-5)17-15(21)18(4)6-11-8-23-13(16-11)10(3)7-19/h7-10,12H,6H2,1-5H3,(H,17,21)/t10?,12-/m0/s1. The Hall–Kier alpha value is -1.96. The highest BCUT2D eigenvalue weighted by Crippen LogP contribution is 2.19. The molecule has 1 unspecified atom stereocenters. The zero-order valence-corrected chi connectivity index (χ0v) is 14.8. The van der Waals surface area contributed by atoms with E-state index in [1.54, 1.807) is 14.0 Å². The van der Waals surface area contributed by atoms with E-state index in [-0.39, 0.29) is 17.9 Å². The van der Waals surface area contributed by atoms with Crippen LogP contribution in [0.25, 0.3) is 0 Å². The number of ether oxygens (including phenoxy) is 1. The van der Waals surface area contributed by atoms with Crippen molar-refractivity contribution >= 4 is 29.6 Å². The molecule has 7 nitrogen and oxygen atoms in total. The van der Waals surface area contributed by atoms with Gasteiger partial charge in [0, 0.05) is 12.4 Å². The van der Waals surface area contributed by atoms with E-state index in [4.69, 9.17) is 4.74 Å². The molecule has 0 aliphatic heterocycles. The van der Waals surface area contributed by atoms with Crippen LogP contribution in [-0.4, -0.2) is 48.4 Å². The summed E-state index contributed by atoms with van der Waals surface area (Å²) in [5.41, 5.74) is 0.704. The lowest BCUT2D eigenvalue weighted by atomic mass is 10.1. The number of nitrogens with one attached hydrogen (secondary N) is 1. The molecule has 128 valence electrons. The first-order valence-electron chi connectivity index (χ1n) is 7.29. The Morgan fingerprint density at radius 2 is 2.09 bits per heavy atom. The lowest BCUT2D eigenvalue weighted by Gasteiger charge is -2.23. The average molecular weight is 341 g/mol. The van der Waals surface area contributed by atoms with Crippen LogP contribution in [0.3, 0.4) is 0 Å². The number of hydrogen-bond donors (Lipinski definition) is 1. The zero-order valence-electron chi connectivity index (χ0n) is 14.0. The summed E-state index contributed by atoms with van der Waals surface area (Å²) in [5, 5.41) is 5.20. The molecule has 0 aliphatic carbocycles. The zero-order chi connectivity index (χ0) is 17.6. The third-order valence-electron chi connectivity index (χ3n) is 3.31. The van der Waals surface area contributed by atoms with Crippen LogP contribution in [0.1, 0.15) is 37.4 Å². The van der Waals surface area contributed by atoms with E-state index < -0.39 is 12.0 Å². The van der Waals surface area contributed by atoms with Crippen molar-refractivity contribution in [3.05, 3.63) is 16.1 Å². The predicted octanol–water partition coefficient (Wildman–Crippen LogP) is 1.78. The number of carbonyl (C=O) groups is 3. The number of thiazole rings is 1. The Balaban J connectivity index is 2.67. The normalized spacial score (nSPS) is 13.3. The quantitative estimate of drug-likeness (QED) is 0.603. The monoisotopic (exact) mass is 341 g/mol. The third kappa shape index (κ3) is 5.31. The number of methoxy groups -OCH3 is 1. The maximum atomic E-state index is 12.2. The topological polar surface area (TPSA) is 88.6 Å². The van der Waals surface area contributed by atoms with E-state index in [1.165, 1.54) is 23.3 Å². The van der Waals surface area contributed by atoms with Gasteiger partial charge < -0.3 is 19.7 Å². The summed E-state index contributed by atoms with van der Waals surface area (Å²) >= 11 is 1.39. The number of aromatic nitrogens is 1. The summed E-state index contributed by atoms with van der Waals surface area (Å²) in [6.07, 6.45) is 0.836. The minimum absolute atomic E-state index is 0.0842. The molecule has 0 aliphatic rings. The number of aldehydes is 1. The third-order valence-corrected chi connectivity index (χ3v) is 4.40. The van der Waals surface area contributed by atoms with Crippen molar-refractivity contribution in [1.82, 2.24) is 15.2 Å². The molecule has 2 atom stereocenters. The highest BCUT2D eigenvalue weighted by molar-refractivity contribution is 7.09. The molecular weight excluding hydrogens is 318 g/mol. The molecule has 0 bridgehead atoms. The van der Waals surface area contributed by atoms with Crippen molar-refractivity contribution in [3.8, 4) is 0 Å². The minimum atomic E-state index is -0.698. The van der Waals surface area contributed by atoms with Crippen LogP contribution in [0, 0.1) is 5.92 Å². The van der Waals surface area contributed by atoms with Crippen LogP contribution in [0.5, 0.6) is 0 Å². The summed E-state index contributed by atoms with van der Waals surface area (Å²) < 4.78 is 4.70. The molecule has 0 spiro atoms. The van der Waals surface area contributed by atoms with E-state index in [0.717, 1.165) is 11.3 Å². The molecule has 1 aromatic rings. The molecule has 8 heteroatoms. The van der Waals surface area contributed by atoms with Gasteiger partial charge in [0.15, 0.2) is 0 Å². The Morgan fingerprint density at radius 3 is 2.61 bits per heavy atom. The maximum absolute atomic E-state index is 12.2. The number of urea groups is 1. The number of esters is 1.